The van der Waals surface area contributed by atoms with Crippen molar-refractivity contribution in [2.45, 2.75) is 45.2 Å². The van der Waals surface area contributed by atoms with E-state index in [0.717, 1.165) is 12.8 Å². The van der Waals surface area contributed by atoms with Crippen LogP contribution in [0.3, 0.4) is 0 Å². The second-order valence-corrected chi connectivity index (χ2v) is 6.24. The molecule has 0 aliphatic carbocycles. The molecular weight excluding hydrogens is 260 g/mol. The van der Waals surface area contributed by atoms with Crippen molar-refractivity contribution in [1.82, 2.24) is 5.32 Å². The highest BCUT2D eigenvalue weighted by Crippen LogP contribution is 2.16. The van der Waals surface area contributed by atoms with Crippen molar-refractivity contribution in [3.8, 4) is 0 Å². The summed E-state index contributed by atoms with van der Waals surface area (Å²) in [6.45, 7) is 4.74. The Labute approximate surface area is 119 Å². The van der Waals surface area contributed by atoms with Crippen LogP contribution in [0.15, 0.2) is 12.1 Å². The van der Waals surface area contributed by atoms with Gasteiger partial charge in [0.1, 0.15) is 0 Å². The van der Waals surface area contributed by atoms with Gasteiger partial charge in [0.2, 0.25) is 5.91 Å². The number of hydrogen-bond donors (Lipinski definition) is 2. The fourth-order valence-electron chi connectivity index (χ4n) is 1.88. The summed E-state index contributed by atoms with van der Waals surface area (Å²) in [6.07, 6.45) is 2.32. The number of ether oxygens (including phenoxy) is 1. The summed E-state index contributed by atoms with van der Waals surface area (Å²) in [4.78, 5) is 14.5. The lowest BCUT2D eigenvalue weighted by Crippen LogP contribution is -2.45. The van der Waals surface area contributed by atoms with Crippen LogP contribution < -0.4 is 11.1 Å². The van der Waals surface area contributed by atoms with Crippen LogP contribution in [0.2, 0.25) is 0 Å². The van der Waals surface area contributed by atoms with E-state index in [0.29, 0.717) is 13.0 Å². The zero-order valence-corrected chi connectivity index (χ0v) is 12.8. The van der Waals surface area contributed by atoms with Crippen molar-refractivity contribution in [2.24, 2.45) is 5.73 Å². The molecule has 5 heteroatoms. The van der Waals surface area contributed by atoms with E-state index in [1.165, 1.54) is 9.75 Å². The van der Waals surface area contributed by atoms with E-state index < -0.39 is 6.04 Å². The summed E-state index contributed by atoms with van der Waals surface area (Å²) in [5.41, 5.74) is 5.84. The van der Waals surface area contributed by atoms with Crippen molar-refractivity contribution < 1.29 is 9.53 Å². The Morgan fingerprint density at radius 1 is 1.53 bits per heavy atom. The fraction of sp³-hybridized carbons (Fsp3) is 0.643. The zero-order valence-electron chi connectivity index (χ0n) is 11.9. The molecule has 1 heterocycles. The van der Waals surface area contributed by atoms with E-state index in [4.69, 9.17) is 10.5 Å². The molecule has 0 spiro atoms. The lowest BCUT2D eigenvalue weighted by Gasteiger charge is -2.17. The number of carbonyl (C=O) groups excluding carboxylic acids is 1. The van der Waals surface area contributed by atoms with E-state index in [1.807, 2.05) is 6.92 Å². The van der Waals surface area contributed by atoms with Crippen molar-refractivity contribution in [3.05, 3.63) is 21.9 Å². The van der Waals surface area contributed by atoms with Crippen LogP contribution in [0.5, 0.6) is 0 Å². The number of carbonyl (C=O) groups is 1. The molecule has 3 N–H and O–H groups in total. The first-order valence-corrected chi connectivity index (χ1v) is 7.44. The highest BCUT2D eigenvalue weighted by Gasteiger charge is 2.15. The fourth-order valence-corrected chi connectivity index (χ4v) is 2.90. The number of rotatable bonds is 8. The van der Waals surface area contributed by atoms with Gasteiger partial charge in [0, 0.05) is 35.9 Å². The number of aryl methyl sites for hydroxylation is 1. The van der Waals surface area contributed by atoms with Gasteiger partial charge in [0.25, 0.3) is 0 Å². The molecule has 0 saturated heterocycles. The molecule has 0 aliphatic heterocycles. The van der Waals surface area contributed by atoms with Gasteiger partial charge in [-0.15, -0.1) is 11.3 Å². The minimum absolute atomic E-state index is 0.0723. The Kier molecular flexibility index (Phi) is 7.05. The number of methoxy groups -OCH3 is 1. The zero-order chi connectivity index (χ0) is 14.3. The maximum atomic E-state index is 11.9. The van der Waals surface area contributed by atoms with E-state index in [9.17, 15) is 4.79 Å². The van der Waals surface area contributed by atoms with Gasteiger partial charge in [0.15, 0.2) is 0 Å². The third-order valence-electron chi connectivity index (χ3n) is 2.89. The molecular formula is C14H24N2O2S. The summed E-state index contributed by atoms with van der Waals surface area (Å²) in [6, 6.07) is 3.88. The smallest absolute Gasteiger partial charge is 0.237 e. The molecule has 0 saturated carbocycles. The predicted octanol–water partition coefficient (Wildman–Crippen LogP) is 1.86. The molecule has 19 heavy (non-hydrogen) atoms. The van der Waals surface area contributed by atoms with Crippen LogP contribution in [-0.4, -0.2) is 31.7 Å². The highest BCUT2D eigenvalue weighted by molar-refractivity contribution is 7.11. The van der Waals surface area contributed by atoms with Crippen molar-refractivity contribution >= 4 is 17.2 Å². The quantitative estimate of drug-likeness (QED) is 0.716. The van der Waals surface area contributed by atoms with Gasteiger partial charge < -0.3 is 15.8 Å². The molecule has 0 aliphatic rings. The van der Waals surface area contributed by atoms with Gasteiger partial charge in [-0.2, -0.15) is 0 Å². The Hall–Kier alpha value is -0.910. The predicted molar refractivity (Wildman–Crippen MR) is 79.5 cm³/mol. The standard InChI is InChI=1S/C14H24N2O2S/c1-10(9-12-7-6-11(2)19-12)16-14(17)13(15)5-4-8-18-3/h6-7,10,13H,4-5,8-9,15H2,1-3H3,(H,16,17). The molecule has 108 valence electrons. The van der Waals surface area contributed by atoms with Gasteiger partial charge in [-0.1, -0.05) is 0 Å². The summed E-state index contributed by atoms with van der Waals surface area (Å²) in [7, 11) is 1.65. The molecule has 1 aromatic rings. The summed E-state index contributed by atoms with van der Waals surface area (Å²) < 4.78 is 4.95. The van der Waals surface area contributed by atoms with Gasteiger partial charge in [-0.05, 0) is 38.8 Å². The van der Waals surface area contributed by atoms with Crippen molar-refractivity contribution in [1.29, 1.82) is 0 Å². The summed E-state index contributed by atoms with van der Waals surface area (Å²) >= 11 is 1.77. The number of amides is 1. The van der Waals surface area contributed by atoms with Crippen LogP contribution >= 0.6 is 11.3 Å². The molecule has 0 bridgehead atoms. The highest BCUT2D eigenvalue weighted by atomic mass is 32.1. The minimum Gasteiger partial charge on any atom is -0.385 e. The number of nitrogens with two attached hydrogens (primary N) is 1. The first-order chi connectivity index (χ1) is 9.02. The largest absolute Gasteiger partial charge is 0.385 e. The van der Waals surface area contributed by atoms with Crippen LogP contribution in [0.4, 0.5) is 0 Å². The van der Waals surface area contributed by atoms with Crippen LogP contribution in [0.1, 0.15) is 29.5 Å². The third kappa shape index (κ3) is 6.18. The van der Waals surface area contributed by atoms with Gasteiger partial charge >= 0.3 is 0 Å². The normalized spacial score (nSPS) is 14.1. The van der Waals surface area contributed by atoms with Crippen LogP contribution in [0.25, 0.3) is 0 Å². The SMILES string of the molecule is COCCCC(N)C(=O)NC(C)Cc1ccc(C)s1. The second kappa shape index (κ2) is 8.30. The maximum absolute atomic E-state index is 11.9. The Balaban J connectivity index is 2.30. The molecule has 2 unspecified atom stereocenters. The Morgan fingerprint density at radius 2 is 2.26 bits per heavy atom. The van der Waals surface area contributed by atoms with Crippen LogP contribution in [0, 0.1) is 6.92 Å². The number of hydrogen-bond acceptors (Lipinski definition) is 4. The van der Waals surface area contributed by atoms with Crippen LogP contribution in [-0.2, 0) is 16.0 Å². The molecule has 0 radical (unpaired) electrons. The van der Waals surface area contributed by atoms with Crippen molar-refractivity contribution in [2.75, 3.05) is 13.7 Å². The van der Waals surface area contributed by atoms with E-state index in [1.54, 1.807) is 18.4 Å². The number of thiophene rings is 1. The molecule has 1 rings (SSSR count). The lowest BCUT2D eigenvalue weighted by molar-refractivity contribution is -0.123. The van der Waals surface area contributed by atoms with E-state index in [-0.39, 0.29) is 11.9 Å². The average molecular weight is 284 g/mol. The average Bonchev–Trinajstić information content (AvgIpc) is 2.74. The monoisotopic (exact) mass is 284 g/mol. The van der Waals surface area contributed by atoms with Gasteiger partial charge in [-0.3, -0.25) is 4.79 Å². The van der Waals surface area contributed by atoms with Crippen molar-refractivity contribution in [3.63, 3.8) is 0 Å². The first kappa shape index (κ1) is 16.1. The molecule has 4 nitrogen and oxygen atoms in total. The molecule has 0 aromatic carbocycles. The van der Waals surface area contributed by atoms with E-state index in [2.05, 4.69) is 24.4 Å². The Bertz CT molecular complexity index is 393. The lowest BCUT2D eigenvalue weighted by atomic mass is 10.1. The van der Waals surface area contributed by atoms with Gasteiger partial charge in [-0.25, -0.2) is 0 Å². The molecule has 1 aromatic heterocycles. The molecule has 2 atom stereocenters. The molecule has 1 amide bonds. The minimum atomic E-state index is -0.442. The summed E-state index contributed by atoms with van der Waals surface area (Å²) in [5.74, 6) is -0.0723. The van der Waals surface area contributed by atoms with E-state index >= 15 is 0 Å². The third-order valence-corrected chi connectivity index (χ3v) is 3.92. The van der Waals surface area contributed by atoms with Gasteiger partial charge in [0.05, 0.1) is 6.04 Å². The second-order valence-electron chi connectivity index (χ2n) is 4.87. The number of nitrogens with one attached hydrogen (secondary N) is 1. The summed E-state index contributed by atoms with van der Waals surface area (Å²) in [5, 5.41) is 2.97. The maximum Gasteiger partial charge on any atom is 0.237 e. The molecule has 0 fully saturated rings. The first-order valence-electron chi connectivity index (χ1n) is 6.63. The topological polar surface area (TPSA) is 64.3 Å². The Morgan fingerprint density at radius 3 is 2.84 bits per heavy atom.